The lowest BCUT2D eigenvalue weighted by molar-refractivity contribution is 0.0606. The van der Waals surface area contributed by atoms with Gasteiger partial charge in [0.2, 0.25) is 0 Å². The number of rotatable bonds is 4. The molecule has 4 nitrogen and oxygen atoms in total. The monoisotopic (exact) mass is 271 g/mol. The van der Waals surface area contributed by atoms with Gasteiger partial charge in [-0.15, -0.1) is 0 Å². The molecule has 0 spiro atoms. The van der Waals surface area contributed by atoms with Crippen LogP contribution in [0.25, 0.3) is 5.69 Å². The Balaban J connectivity index is 1.83. The molecule has 0 bridgehead atoms. The largest absolute Gasteiger partial charge is 0.379 e. The summed E-state index contributed by atoms with van der Waals surface area (Å²) in [5, 5.41) is 7.98. The van der Waals surface area contributed by atoms with E-state index in [9.17, 15) is 0 Å². The van der Waals surface area contributed by atoms with E-state index in [0.29, 0.717) is 12.1 Å². The molecule has 0 amide bonds. The van der Waals surface area contributed by atoms with Crippen LogP contribution >= 0.6 is 0 Å². The van der Waals surface area contributed by atoms with E-state index < -0.39 is 0 Å². The molecular weight excluding hydrogens is 250 g/mol. The molecule has 2 unspecified atom stereocenters. The zero-order chi connectivity index (χ0) is 13.8. The van der Waals surface area contributed by atoms with E-state index >= 15 is 0 Å². The lowest BCUT2D eigenvalue weighted by atomic mass is 9.92. The maximum Gasteiger partial charge on any atom is 0.0876 e. The van der Waals surface area contributed by atoms with Gasteiger partial charge in [-0.3, -0.25) is 0 Å². The summed E-state index contributed by atoms with van der Waals surface area (Å²) in [6.07, 6.45) is 8.89. The molecule has 0 aliphatic heterocycles. The highest BCUT2D eigenvalue weighted by molar-refractivity contribution is 5.61. The minimum absolute atomic E-state index is 0.300. The second kappa shape index (κ2) is 6.09. The number of methoxy groups -OCH3 is 1. The van der Waals surface area contributed by atoms with Crippen molar-refractivity contribution in [2.24, 2.45) is 0 Å². The highest BCUT2D eigenvalue weighted by Crippen LogP contribution is 2.27. The average Bonchev–Trinajstić information content (AvgIpc) is 3.02. The van der Waals surface area contributed by atoms with Gasteiger partial charge in [0.15, 0.2) is 0 Å². The molecule has 1 N–H and O–H groups in total. The van der Waals surface area contributed by atoms with E-state index in [-0.39, 0.29) is 0 Å². The smallest absolute Gasteiger partial charge is 0.0876 e. The van der Waals surface area contributed by atoms with Crippen LogP contribution in [0.15, 0.2) is 42.7 Å². The Kier molecular flexibility index (Phi) is 4.02. The van der Waals surface area contributed by atoms with Gasteiger partial charge in [0.05, 0.1) is 23.5 Å². The molecule has 4 heteroatoms. The van der Waals surface area contributed by atoms with Gasteiger partial charge >= 0.3 is 0 Å². The molecule has 20 heavy (non-hydrogen) atoms. The summed E-state index contributed by atoms with van der Waals surface area (Å²) in [6, 6.07) is 10.6. The fourth-order valence-corrected chi connectivity index (χ4v) is 2.95. The van der Waals surface area contributed by atoms with E-state index in [1.807, 2.05) is 30.1 Å². The highest BCUT2D eigenvalue weighted by Gasteiger charge is 2.25. The van der Waals surface area contributed by atoms with Crippen LogP contribution in [-0.2, 0) is 4.74 Å². The molecule has 1 aromatic carbocycles. The Morgan fingerprint density at radius 3 is 2.85 bits per heavy atom. The van der Waals surface area contributed by atoms with E-state index in [4.69, 9.17) is 4.74 Å². The van der Waals surface area contributed by atoms with Crippen LogP contribution in [0.2, 0.25) is 0 Å². The van der Waals surface area contributed by atoms with Gasteiger partial charge in [-0.1, -0.05) is 25.0 Å². The maximum atomic E-state index is 5.62. The summed E-state index contributed by atoms with van der Waals surface area (Å²) in [4.78, 5) is 0. The number of hydrogen-bond donors (Lipinski definition) is 1. The van der Waals surface area contributed by atoms with Crippen LogP contribution in [0.5, 0.6) is 0 Å². The molecule has 1 aromatic heterocycles. The van der Waals surface area contributed by atoms with Crippen molar-refractivity contribution in [1.29, 1.82) is 0 Å². The second-order valence-electron chi connectivity index (χ2n) is 5.28. The van der Waals surface area contributed by atoms with Gasteiger partial charge in [-0.25, -0.2) is 4.68 Å². The van der Waals surface area contributed by atoms with Crippen molar-refractivity contribution in [2.75, 3.05) is 12.4 Å². The van der Waals surface area contributed by atoms with Crippen molar-refractivity contribution < 1.29 is 4.74 Å². The first-order valence-corrected chi connectivity index (χ1v) is 7.27. The summed E-state index contributed by atoms with van der Waals surface area (Å²) >= 11 is 0. The standard InChI is InChI=1S/C16H21N3O/c1-20-16-10-5-3-8-14(16)18-13-7-2-4-9-15(13)19-12-6-11-17-19/h2,4,6-7,9,11-12,14,16,18H,3,5,8,10H2,1H3. The number of anilines is 1. The molecule has 0 saturated heterocycles. The van der Waals surface area contributed by atoms with E-state index in [0.717, 1.165) is 24.2 Å². The number of para-hydroxylation sites is 2. The molecule has 2 aromatic rings. The first-order chi connectivity index (χ1) is 9.88. The van der Waals surface area contributed by atoms with Crippen molar-refractivity contribution >= 4 is 5.69 Å². The fourth-order valence-electron chi connectivity index (χ4n) is 2.95. The Bertz CT molecular complexity index is 538. The topological polar surface area (TPSA) is 39.1 Å². The van der Waals surface area contributed by atoms with Crippen LogP contribution in [0, 0.1) is 0 Å². The molecule has 1 aliphatic rings. The second-order valence-corrected chi connectivity index (χ2v) is 5.28. The summed E-state index contributed by atoms with van der Waals surface area (Å²) in [7, 11) is 1.81. The van der Waals surface area contributed by atoms with Crippen molar-refractivity contribution in [2.45, 2.75) is 37.8 Å². The van der Waals surface area contributed by atoms with Gasteiger partial charge in [0, 0.05) is 19.5 Å². The van der Waals surface area contributed by atoms with E-state index in [1.54, 1.807) is 6.20 Å². The van der Waals surface area contributed by atoms with Crippen LogP contribution < -0.4 is 5.32 Å². The van der Waals surface area contributed by atoms with Crippen LogP contribution in [0.3, 0.4) is 0 Å². The minimum Gasteiger partial charge on any atom is -0.379 e. The molecule has 0 radical (unpaired) electrons. The third kappa shape index (κ3) is 2.70. The molecule has 1 saturated carbocycles. The number of nitrogens with one attached hydrogen (secondary N) is 1. The minimum atomic E-state index is 0.300. The number of ether oxygens (including phenoxy) is 1. The number of nitrogens with zero attached hydrogens (tertiary/aromatic N) is 2. The zero-order valence-electron chi connectivity index (χ0n) is 11.8. The van der Waals surface area contributed by atoms with Crippen LogP contribution in [-0.4, -0.2) is 29.0 Å². The predicted molar refractivity (Wildman–Crippen MR) is 80.2 cm³/mol. The third-order valence-corrected chi connectivity index (χ3v) is 4.00. The molecule has 1 fully saturated rings. The number of hydrogen-bond acceptors (Lipinski definition) is 3. The first-order valence-electron chi connectivity index (χ1n) is 7.27. The molecular formula is C16H21N3O. The van der Waals surface area contributed by atoms with E-state index in [2.05, 4.69) is 28.6 Å². The molecule has 2 atom stereocenters. The Morgan fingerprint density at radius 1 is 1.20 bits per heavy atom. The van der Waals surface area contributed by atoms with Crippen molar-refractivity contribution in [3.63, 3.8) is 0 Å². The van der Waals surface area contributed by atoms with E-state index in [1.165, 1.54) is 12.8 Å². The molecule has 1 aliphatic carbocycles. The number of benzene rings is 1. The van der Waals surface area contributed by atoms with Gasteiger partial charge in [-0.2, -0.15) is 5.10 Å². The summed E-state index contributed by atoms with van der Waals surface area (Å²) in [5.74, 6) is 0. The molecule has 106 valence electrons. The summed E-state index contributed by atoms with van der Waals surface area (Å²) < 4.78 is 7.52. The maximum absolute atomic E-state index is 5.62. The lowest BCUT2D eigenvalue weighted by Gasteiger charge is -2.32. The summed E-state index contributed by atoms with van der Waals surface area (Å²) in [5.41, 5.74) is 2.20. The van der Waals surface area contributed by atoms with Gasteiger partial charge in [-0.05, 0) is 31.0 Å². The average molecular weight is 271 g/mol. The van der Waals surface area contributed by atoms with Crippen LogP contribution in [0.1, 0.15) is 25.7 Å². The zero-order valence-corrected chi connectivity index (χ0v) is 11.8. The van der Waals surface area contributed by atoms with Gasteiger partial charge < -0.3 is 10.1 Å². The Morgan fingerprint density at radius 2 is 2.05 bits per heavy atom. The Labute approximate surface area is 119 Å². The molecule has 3 rings (SSSR count). The van der Waals surface area contributed by atoms with Crippen LogP contribution in [0.4, 0.5) is 5.69 Å². The van der Waals surface area contributed by atoms with Crippen molar-refractivity contribution in [1.82, 2.24) is 9.78 Å². The van der Waals surface area contributed by atoms with Gasteiger partial charge in [0.25, 0.3) is 0 Å². The van der Waals surface area contributed by atoms with Crippen molar-refractivity contribution in [3.8, 4) is 5.69 Å². The lowest BCUT2D eigenvalue weighted by Crippen LogP contribution is -2.38. The number of aromatic nitrogens is 2. The SMILES string of the molecule is COC1CCCCC1Nc1ccccc1-n1cccn1. The molecule has 1 heterocycles. The van der Waals surface area contributed by atoms with Gasteiger partial charge in [0.1, 0.15) is 0 Å². The summed E-state index contributed by atoms with van der Waals surface area (Å²) in [6.45, 7) is 0. The normalized spacial score (nSPS) is 22.6. The fraction of sp³-hybridized carbons (Fsp3) is 0.438. The third-order valence-electron chi connectivity index (χ3n) is 4.00. The quantitative estimate of drug-likeness (QED) is 0.928. The first kappa shape index (κ1) is 13.2. The highest BCUT2D eigenvalue weighted by atomic mass is 16.5. The predicted octanol–water partition coefficient (Wildman–Crippen LogP) is 3.24. The van der Waals surface area contributed by atoms with Crippen molar-refractivity contribution in [3.05, 3.63) is 42.7 Å². The Hall–Kier alpha value is -1.81.